The van der Waals surface area contributed by atoms with Crippen LogP contribution in [0.15, 0.2) is 0 Å². The van der Waals surface area contributed by atoms with Gasteiger partial charge in [-0.05, 0) is 29.8 Å². The van der Waals surface area contributed by atoms with Gasteiger partial charge in [-0.25, -0.2) is 18.1 Å². The molecule has 0 atom stereocenters. The van der Waals surface area contributed by atoms with Crippen LogP contribution >= 0.6 is 0 Å². The summed E-state index contributed by atoms with van der Waals surface area (Å²) in [7, 11) is -3.19. The Balaban J connectivity index is 1.82. The van der Waals surface area contributed by atoms with E-state index in [1.165, 1.54) is 0 Å². The molecule has 0 amide bonds. The van der Waals surface area contributed by atoms with E-state index in [0.29, 0.717) is 25.4 Å². The standard InChI is InChI=1S/C15H23N7O3S/c1-5-12-17-13-14(10(2)11(3)22-15(13)18-19-20-22)21(12)7-9-25-8-6-16-26(4,23)24/h16H,5-9H2,1-4H3. The van der Waals surface area contributed by atoms with Crippen LogP contribution in [0.25, 0.3) is 16.7 Å². The molecule has 3 aromatic heterocycles. The quantitative estimate of drug-likeness (QED) is 0.555. The summed E-state index contributed by atoms with van der Waals surface area (Å²) < 4.78 is 33.9. The fourth-order valence-electron chi connectivity index (χ4n) is 2.99. The average molecular weight is 381 g/mol. The highest BCUT2D eigenvalue weighted by molar-refractivity contribution is 7.88. The largest absolute Gasteiger partial charge is 0.378 e. The third-order valence-electron chi connectivity index (χ3n) is 4.33. The number of fused-ring (bicyclic) bond motifs is 3. The first-order valence-electron chi connectivity index (χ1n) is 8.42. The van der Waals surface area contributed by atoms with Crippen molar-refractivity contribution in [3.63, 3.8) is 0 Å². The Morgan fingerprint density at radius 1 is 1.23 bits per heavy atom. The van der Waals surface area contributed by atoms with Gasteiger partial charge in [-0.2, -0.15) is 4.52 Å². The van der Waals surface area contributed by atoms with Gasteiger partial charge in [-0.3, -0.25) is 0 Å². The first-order valence-corrected chi connectivity index (χ1v) is 10.3. The maximum atomic E-state index is 11.0. The third-order valence-corrected chi connectivity index (χ3v) is 5.06. The summed E-state index contributed by atoms with van der Waals surface area (Å²) in [5, 5.41) is 11.9. The van der Waals surface area contributed by atoms with Crippen LogP contribution in [-0.2, 0) is 27.7 Å². The summed E-state index contributed by atoms with van der Waals surface area (Å²) in [5.41, 5.74) is 4.49. The molecule has 0 aliphatic heterocycles. The zero-order valence-corrected chi connectivity index (χ0v) is 16.2. The molecule has 0 radical (unpaired) electrons. The van der Waals surface area contributed by atoms with E-state index in [9.17, 15) is 8.42 Å². The Labute approximate surface area is 151 Å². The second kappa shape index (κ2) is 7.25. The number of imidazole rings is 1. The number of aryl methyl sites for hydroxylation is 3. The van der Waals surface area contributed by atoms with Crippen LogP contribution in [-0.4, -0.2) is 64.0 Å². The number of nitrogens with zero attached hydrogens (tertiary/aromatic N) is 6. The molecule has 26 heavy (non-hydrogen) atoms. The second-order valence-corrected chi connectivity index (χ2v) is 7.97. The average Bonchev–Trinajstić information content (AvgIpc) is 3.19. The molecule has 142 valence electrons. The summed E-state index contributed by atoms with van der Waals surface area (Å²) in [5.74, 6) is 0.941. The maximum absolute atomic E-state index is 11.0. The number of nitrogens with one attached hydrogen (secondary N) is 1. The number of sulfonamides is 1. The van der Waals surface area contributed by atoms with Crippen molar-refractivity contribution in [1.29, 1.82) is 0 Å². The van der Waals surface area contributed by atoms with Crippen LogP contribution in [0.4, 0.5) is 0 Å². The Hall–Kier alpha value is -2.11. The van der Waals surface area contributed by atoms with Crippen LogP contribution in [0.3, 0.4) is 0 Å². The molecule has 1 N–H and O–H groups in total. The van der Waals surface area contributed by atoms with Gasteiger partial charge < -0.3 is 9.30 Å². The lowest BCUT2D eigenvalue weighted by Crippen LogP contribution is -2.26. The van der Waals surface area contributed by atoms with Crippen molar-refractivity contribution < 1.29 is 13.2 Å². The molecule has 10 nitrogen and oxygen atoms in total. The molecule has 3 aromatic rings. The van der Waals surface area contributed by atoms with E-state index >= 15 is 0 Å². The number of rotatable bonds is 8. The Bertz CT molecular complexity index is 1040. The van der Waals surface area contributed by atoms with Gasteiger partial charge in [0.05, 0.1) is 25.0 Å². The molecule has 0 fully saturated rings. The van der Waals surface area contributed by atoms with Crippen LogP contribution in [0.5, 0.6) is 0 Å². The first kappa shape index (κ1) is 18.7. The van der Waals surface area contributed by atoms with Crippen molar-refractivity contribution in [3.8, 4) is 0 Å². The predicted molar refractivity (Wildman–Crippen MR) is 96.6 cm³/mol. The van der Waals surface area contributed by atoms with Gasteiger partial charge in [0, 0.05) is 25.2 Å². The van der Waals surface area contributed by atoms with Crippen molar-refractivity contribution >= 4 is 26.7 Å². The smallest absolute Gasteiger partial charge is 0.208 e. The minimum atomic E-state index is -3.19. The molecule has 11 heteroatoms. The van der Waals surface area contributed by atoms with E-state index in [-0.39, 0.29) is 6.54 Å². The number of pyridine rings is 1. The monoisotopic (exact) mass is 381 g/mol. The zero-order valence-electron chi connectivity index (χ0n) is 15.4. The molecule has 0 bridgehead atoms. The molecule has 0 aliphatic rings. The topological polar surface area (TPSA) is 116 Å². The van der Waals surface area contributed by atoms with Crippen LogP contribution in [0.2, 0.25) is 0 Å². The fourth-order valence-corrected chi connectivity index (χ4v) is 3.45. The van der Waals surface area contributed by atoms with E-state index in [4.69, 9.17) is 9.72 Å². The van der Waals surface area contributed by atoms with Crippen LogP contribution < -0.4 is 4.72 Å². The minimum absolute atomic E-state index is 0.258. The summed E-state index contributed by atoms with van der Waals surface area (Å²) in [4.78, 5) is 4.73. The lowest BCUT2D eigenvalue weighted by Gasteiger charge is -2.12. The molecule has 3 heterocycles. The van der Waals surface area contributed by atoms with E-state index in [1.54, 1.807) is 4.52 Å². The van der Waals surface area contributed by atoms with E-state index in [2.05, 4.69) is 31.7 Å². The lowest BCUT2D eigenvalue weighted by molar-refractivity contribution is 0.131. The number of aromatic nitrogens is 6. The van der Waals surface area contributed by atoms with Crippen LogP contribution in [0.1, 0.15) is 24.0 Å². The highest BCUT2D eigenvalue weighted by Crippen LogP contribution is 2.26. The Morgan fingerprint density at radius 2 is 2.00 bits per heavy atom. The molecule has 0 unspecified atom stereocenters. The molecule has 0 saturated heterocycles. The minimum Gasteiger partial charge on any atom is -0.378 e. The molecular formula is C15H23N7O3S. The maximum Gasteiger partial charge on any atom is 0.208 e. The number of hydrogen-bond donors (Lipinski definition) is 1. The second-order valence-electron chi connectivity index (χ2n) is 6.13. The number of hydrogen-bond acceptors (Lipinski definition) is 7. The Morgan fingerprint density at radius 3 is 2.69 bits per heavy atom. The van der Waals surface area contributed by atoms with Gasteiger partial charge in [-0.15, -0.1) is 5.10 Å². The zero-order chi connectivity index (χ0) is 18.9. The van der Waals surface area contributed by atoms with Crippen molar-refractivity contribution in [3.05, 3.63) is 17.1 Å². The lowest BCUT2D eigenvalue weighted by atomic mass is 10.2. The SMILES string of the molecule is CCc1nc2c(c(C)c(C)n3nnnc23)n1CCOCCNS(C)(=O)=O. The van der Waals surface area contributed by atoms with Crippen LogP contribution in [0, 0.1) is 13.8 Å². The van der Waals surface area contributed by atoms with E-state index < -0.39 is 10.0 Å². The third kappa shape index (κ3) is 3.55. The number of ether oxygens (including phenoxy) is 1. The summed E-state index contributed by atoms with van der Waals surface area (Å²) in [6.07, 6.45) is 1.90. The summed E-state index contributed by atoms with van der Waals surface area (Å²) >= 11 is 0. The highest BCUT2D eigenvalue weighted by atomic mass is 32.2. The molecule has 0 aromatic carbocycles. The van der Waals surface area contributed by atoms with E-state index in [0.717, 1.165) is 40.8 Å². The molecular weight excluding hydrogens is 358 g/mol. The van der Waals surface area contributed by atoms with Gasteiger partial charge >= 0.3 is 0 Å². The normalized spacial score (nSPS) is 12.5. The molecule has 0 saturated carbocycles. The first-order chi connectivity index (χ1) is 12.3. The number of tetrazole rings is 1. The van der Waals surface area contributed by atoms with Gasteiger partial charge in [0.2, 0.25) is 15.7 Å². The molecule has 0 aliphatic carbocycles. The van der Waals surface area contributed by atoms with Crippen molar-refractivity contribution in [2.45, 2.75) is 33.7 Å². The fraction of sp³-hybridized carbons (Fsp3) is 0.600. The van der Waals surface area contributed by atoms with Crippen molar-refractivity contribution in [1.82, 2.24) is 34.3 Å². The summed E-state index contributed by atoms with van der Waals surface area (Å²) in [6, 6.07) is 0. The van der Waals surface area contributed by atoms with Gasteiger partial charge in [0.25, 0.3) is 0 Å². The van der Waals surface area contributed by atoms with E-state index in [1.807, 2.05) is 13.8 Å². The van der Waals surface area contributed by atoms with Gasteiger partial charge in [0.1, 0.15) is 11.3 Å². The molecule has 3 rings (SSSR count). The van der Waals surface area contributed by atoms with Crippen molar-refractivity contribution in [2.75, 3.05) is 26.0 Å². The summed E-state index contributed by atoms with van der Waals surface area (Å²) in [6.45, 7) is 7.72. The Kier molecular flexibility index (Phi) is 5.21. The predicted octanol–water partition coefficient (Wildman–Crippen LogP) is 0.219. The van der Waals surface area contributed by atoms with Crippen molar-refractivity contribution in [2.24, 2.45) is 0 Å². The highest BCUT2D eigenvalue weighted by Gasteiger charge is 2.19. The van der Waals surface area contributed by atoms with Gasteiger partial charge in [0.15, 0.2) is 0 Å². The van der Waals surface area contributed by atoms with Gasteiger partial charge in [-0.1, -0.05) is 6.92 Å². The molecule has 0 spiro atoms.